The summed E-state index contributed by atoms with van der Waals surface area (Å²) in [7, 11) is 1.06. The maximum Gasteiger partial charge on any atom is 0.338 e. The normalized spacial score (nSPS) is 25.5. The molecule has 0 radical (unpaired) electrons. The van der Waals surface area contributed by atoms with Gasteiger partial charge in [0, 0.05) is 20.8 Å². The number of nitrogens with one attached hydrogen (secondary N) is 1. The number of aliphatic hydroxyl groups excluding tert-OH is 1. The van der Waals surface area contributed by atoms with E-state index >= 15 is 0 Å². The Bertz CT molecular complexity index is 2190. The van der Waals surface area contributed by atoms with Gasteiger partial charge in [0.25, 0.3) is 0 Å². The quantitative estimate of drug-likeness (QED) is 0.121. The number of aliphatic hydroxyl groups is 1. The largest absolute Gasteiger partial charge is 0.467 e. The van der Waals surface area contributed by atoms with E-state index in [0.717, 1.165) is 24.3 Å². The number of rotatable bonds is 16. The monoisotopic (exact) mass is 874 g/mol. The van der Waals surface area contributed by atoms with Gasteiger partial charge in [0.05, 0.1) is 37.6 Å². The van der Waals surface area contributed by atoms with Crippen LogP contribution in [-0.4, -0.2) is 125 Å². The fourth-order valence-electron chi connectivity index (χ4n) is 6.89. The average Bonchev–Trinajstić information content (AvgIpc) is 3.75. The van der Waals surface area contributed by atoms with Crippen LogP contribution in [0.3, 0.4) is 0 Å². The maximum atomic E-state index is 13.6. The molecule has 0 unspecified atom stereocenters. The summed E-state index contributed by atoms with van der Waals surface area (Å²) in [6, 6.07) is 23.6. The van der Waals surface area contributed by atoms with Gasteiger partial charge in [-0.25, -0.2) is 19.1 Å². The van der Waals surface area contributed by atoms with Crippen molar-refractivity contribution in [3.8, 4) is 0 Å². The van der Waals surface area contributed by atoms with E-state index in [9.17, 15) is 33.9 Å². The van der Waals surface area contributed by atoms with Gasteiger partial charge in [-0.2, -0.15) is 0 Å². The highest BCUT2D eigenvalue weighted by Crippen LogP contribution is 2.35. The number of carbonyl (C=O) groups is 6. The van der Waals surface area contributed by atoms with Gasteiger partial charge in [-0.05, 0) is 29.8 Å². The molecule has 2 aliphatic heterocycles. The molecule has 0 bridgehead atoms. The molecule has 10 atom stereocenters. The van der Waals surface area contributed by atoms with Gasteiger partial charge in [-0.3, -0.25) is 14.4 Å². The van der Waals surface area contributed by atoms with Crippen molar-refractivity contribution in [1.29, 1.82) is 0 Å². The van der Waals surface area contributed by atoms with Crippen LogP contribution in [0, 0.1) is 0 Å². The number of carbonyl (C=O) groups excluding carboxylic acids is 6. The molecule has 334 valence electrons. The van der Waals surface area contributed by atoms with Gasteiger partial charge >= 0.3 is 29.8 Å². The van der Waals surface area contributed by atoms with Crippen molar-refractivity contribution in [2.24, 2.45) is 0 Å². The highest BCUT2D eigenvalue weighted by Gasteiger charge is 2.54. The second-order valence-corrected chi connectivity index (χ2v) is 14.3. The van der Waals surface area contributed by atoms with Gasteiger partial charge in [0.2, 0.25) is 5.91 Å². The molecule has 3 aromatic carbocycles. The molecule has 63 heavy (non-hydrogen) atoms. The third kappa shape index (κ3) is 11.9. The third-order valence-electron chi connectivity index (χ3n) is 9.74. The van der Waals surface area contributed by atoms with Crippen molar-refractivity contribution in [2.75, 3.05) is 13.7 Å². The molecule has 1 amide bonds. The zero-order valence-corrected chi connectivity index (χ0v) is 34.5. The molecule has 3 heterocycles. The first-order valence-electron chi connectivity index (χ1n) is 19.7. The van der Waals surface area contributed by atoms with Crippen LogP contribution in [0.25, 0.3) is 0 Å². The number of amides is 1. The zero-order chi connectivity index (χ0) is 45.0. The number of ether oxygens (including phenoxy) is 9. The lowest BCUT2D eigenvalue weighted by molar-refractivity contribution is -0.285. The Balaban J connectivity index is 1.33. The molecule has 20 heteroatoms. The molecule has 0 spiro atoms. The Labute approximate surface area is 360 Å². The summed E-state index contributed by atoms with van der Waals surface area (Å²) in [6.07, 6.45) is -12.2. The predicted molar refractivity (Wildman–Crippen MR) is 212 cm³/mol. The Morgan fingerprint density at radius 3 is 1.89 bits per heavy atom. The van der Waals surface area contributed by atoms with E-state index in [1.165, 1.54) is 44.3 Å². The molecule has 2 saturated heterocycles. The summed E-state index contributed by atoms with van der Waals surface area (Å²) in [5.74, 6) is -4.74. The molecule has 2 aliphatic rings. The minimum Gasteiger partial charge on any atom is -0.467 e. The van der Waals surface area contributed by atoms with Crippen molar-refractivity contribution in [3.63, 3.8) is 0 Å². The van der Waals surface area contributed by atoms with Gasteiger partial charge in [-0.15, -0.1) is 5.10 Å². The Kier molecular flexibility index (Phi) is 15.7. The second kappa shape index (κ2) is 21.5. The lowest BCUT2D eigenvalue weighted by Crippen LogP contribution is -2.66. The minimum absolute atomic E-state index is 0.0292. The zero-order valence-electron chi connectivity index (χ0n) is 34.5. The van der Waals surface area contributed by atoms with E-state index in [0.29, 0.717) is 0 Å². The highest BCUT2D eigenvalue weighted by molar-refractivity contribution is 5.90. The summed E-state index contributed by atoms with van der Waals surface area (Å²) < 4.78 is 53.3. The van der Waals surface area contributed by atoms with Crippen molar-refractivity contribution in [2.45, 2.75) is 95.3 Å². The van der Waals surface area contributed by atoms with Crippen LogP contribution in [0.4, 0.5) is 0 Å². The molecule has 20 nitrogen and oxygen atoms in total. The SMILES string of the molecule is COC(=O)[C@H]1O[C@@H](n2cc(CO[C@@H]3[C@@H](NC(C)=O)[C@H](OCc4ccccc4)O[C@H](COC(C)=O)[C@@H]3OC(C)=O)nn2)[C@H](OC(=O)c2ccccc2)[C@@H](OC(=O)c2ccccc2)[C@@H]1O. The Hall–Kier alpha value is -6.58. The molecular formula is C43H46N4O16. The Morgan fingerprint density at radius 1 is 0.714 bits per heavy atom. The van der Waals surface area contributed by atoms with Crippen LogP contribution in [0.1, 0.15) is 59.0 Å². The lowest BCUT2D eigenvalue weighted by Gasteiger charge is -2.45. The summed E-state index contributed by atoms with van der Waals surface area (Å²) in [6.45, 7) is 2.86. The number of nitrogens with zero attached hydrogens (tertiary/aromatic N) is 3. The summed E-state index contributed by atoms with van der Waals surface area (Å²) in [4.78, 5) is 77.0. The lowest BCUT2D eigenvalue weighted by atomic mass is 9.96. The van der Waals surface area contributed by atoms with E-state index < -0.39 is 104 Å². The van der Waals surface area contributed by atoms with Crippen molar-refractivity contribution >= 4 is 35.8 Å². The number of aromatic nitrogens is 3. The fourth-order valence-corrected chi connectivity index (χ4v) is 6.89. The first kappa shape index (κ1) is 45.9. The molecule has 2 N–H and O–H groups in total. The van der Waals surface area contributed by atoms with E-state index in [2.05, 4.69) is 15.6 Å². The molecule has 6 rings (SSSR count). The number of hydrogen-bond acceptors (Lipinski definition) is 18. The maximum absolute atomic E-state index is 13.6. The number of hydrogen-bond donors (Lipinski definition) is 2. The average molecular weight is 875 g/mol. The van der Waals surface area contributed by atoms with Crippen LogP contribution < -0.4 is 5.32 Å². The van der Waals surface area contributed by atoms with E-state index in [-0.39, 0.29) is 30.0 Å². The van der Waals surface area contributed by atoms with Gasteiger partial charge < -0.3 is 53.1 Å². The molecule has 0 saturated carbocycles. The van der Waals surface area contributed by atoms with E-state index in [1.807, 2.05) is 30.3 Å². The number of methoxy groups -OCH3 is 1. The summed E-state index contributed by atoms with van der Waals surface area (Å²) in [5, 5.41) is 22.6. The first-order valence-corrected chi connectivity index (χ1v) is 19.7. The van der Waals surface area contributed by atoms with Crippen LogP contribution in [0.2, 0.25) is 0 Å². The van der Waals surface area contributed by atoms with E-state index in [4.69, 9.17) is 42.6 Å². The van der Waals surface area contributed by atoms with E-state index in [1.54, 1.807) is 36.4 Å². The molecular weight excluding hydrogens is 828 g/mol. The minimum atomic E-state index is -1.91. The van der Waals surface area contributed by atoms with Crippen LogP contribution >= 0.6 is 0 Å². The van der Waals surface area contributed by atoms with Crippen LogP contribution in [0.5, 0.6) is 0 Å². The van der Waals surface area contributed by atoms with Crippen LogP contribution in [0.15, 0.2) is 97.2 Å². The third-order valence-corrected chi connectivity index (χ3v) is 9.74. The number of esters is 5. The molecule has 0 aliphatic carbocycles. The Morgan fingerprint density at radius 2 is 1.32 bits per heavy atom. The molecule has 4 aromatic rings. The highest BCUT2D eigenvalue weighted by atomic mass is 16.7. The topological polar surface area (TPSA) is 248 Å². The van der Waals surface area contributed by atoms with Crippen molar-refractivity contribution < 1.29 is 76.5 Å². The van der Waals surface area contributed by atoms with Crippen molar-refractivity contribution in [1.82, 2.24) is 20.3 Å². The number of benzene rings is 3. The standard InChI is InChI=1S/C43H46N4O16/c1-24(48)44-32-35(34(59-26(3)50)31(23-56-25(2)49)60-43(32)58-21-27-14-8-5-9-15-27)57-22-30-20-47(46-45-30)39-38(63-41(53)29-18-12-7-13-19-29)36(33(51)37(61-39)42(54)55-4)62-40(52)28-16-10-6-11-17-28/h5-20,31-39,43,51H,21-23H2,1-4H3,(H,44,48)/t31-,32-,33+,34+,35-,36+,37+,38-,39-,43-/m1/s1. The summed E-state index contributed by atoms with van der Waals surface area (Å²) in [5.41, 5.74) is 1.05. The molecule has 1 aromatic heterocycles. The van der Waals surface area contributed by atoms with Crippen LogP contribution in [-0.2, 0) is 75.0 Å². The summed E-state index contributed by atoms with van der Waals surface area (Å²) >= 11 is 0. The van der Waals surface area contributed by atoms with Gasteiger partial charge in [-0.1, -0.05) is 71.9 Å². The van der Waals surface area contributed by atoms with Gasteiger partial charge in [0.15, 0.2) is 36.9 Å². The molecule has 2 fully saturated rings. The fraction of sp³-hybridized carbons (Fsp3) is 0.395. The second-order valence-electron chi connectivity index (χ2n) is 14.3. The first-order chi connectivity index (χ1) is 30.3. The van der Waals surface area contributed by atoms with Gasteiger partial charge in [0.1, 0.15) is 36.7 Å². The smallest absolute Gasteiger partial charge is 0.338 e. The van der Waals surface area contributed by atoms with Crippen molar-refractivity contribution in [3.05, 3.63) is 120 Å². The predicted octanol–water partition coefficient (Wildman–Crippen LogP) is 1.99.